The molecular weight excluding hydrogens is 202 g/mol. The van der Waals surface area contributed by atoms with Crippen LogP contribution in [0.15, 0.2) is 0 Å². The number of hydrogen-bond donors (Lipinski definition) is 0. The first-order chi connectivity index (χ1) is 6.54. The molecular formula is C9H19NO3S. The Kier molecular flexibility index (Phi) is 4.34. The van der Waals surface area contributed by atoms with Crippen LogP contribution in [0, 0.1) is 5.92 Å². The molecule has 4 nitrogen and oxygen atoms in total. The summed E-state index contributed by atoms with van der Waals surface area (Å²) in [7, 11) is -2.98. The molecule has 1 heterocycles. The summed E-state index contributed by atoms with van der Waals surface area (Å²) in [4.78, 5) is 0. The van der Waals surface area contributed by atoms with E-state index in [1.54, 1.807) is 4.31 Å². The van der Waals surface area contributed by atoms with Crippen molar-refractivity contribution in [1.29, 1.82) is 0 Å². The molecule has 0 bridgehead atoms. The highest BCUT2D eigenvalue weighted by Crippen LogP contribution is 2.19. The van der Waals surface area contributed by atoms with Gasteiger partial charge in [0, 0.05) is 26.3 Å². The smallest absolute Gasteiger partial charge is 0.211 e. The van der Waals surface area contributed by atoms with E-state index in [-0.39, 0.29) is 0 Å². The maximum Gasteiger partial charge on any atom is 0.211 e. The monoisotopic (exact) mass is 221 g/mol. The number of ether oxygens (including phenoxy) is 1. The quantitative estimate of drug-likeness (QED) is 0.702. The average Bonchev–Trinajstić information content (AvgIpc) is 2.14. The van der Waals surface area contributed by atoms with Crippen LogP contribution in [0.2, 0.25) is 0 Å². The van der Waals surface area contributed by atoms with Crippen molar-refractivity contribution in [3.63, 3.8) is 0 Å². The number of rotatable bonds is 4. The molecule has 84 valence electrons. The Morgan fingerprint density at radius 2 is 1.93 bits per heavy atom. The Hall–Kier alpha value is -0.130. The summed E-state index contributed by atoms with van der Waals surface area (Å²) in [5.74, 6) is 0.535. The van der Waals surface area contributed by atoms with Crippen LogP contribution >= 0.6 is 0 Å². The second-order valence-electron chi connectivity index (χ2n) is 3.76. The zero-order chi connectivity index (χ0) is 10.6. The van der Waals surface area contributed by atoms with Gasteiger partial charge in [-0.2, -0.15) is 0 Å². The molecule has 0 unspecified atom stereocenters. The van der Waals surface area contributed by atoms with E-state index < -0.39 is 10.0 Å². The van der Waals surface area contributed by atoms with Gasteiger partial charge in [0.15, 0.2) is 0 Å². The Morgan fingerprint density at radius 3 is 2.36 bits per heavy atom. The van der Waals surface area contributed by atoms with Gasteiger partial charge in [-0.1, -0.05) is 0 Å². The van der Waals surface area contributed by atoms with Crippen LogP contribution in [-0.4, -0.2) is 45.3 Å². The molecule has 0 aromatic carbocycles. The molecule has 1 aliphatic rings. The van der Waals surface area contributed by atoms with Gasteiger partial charge in [0.25, 0.3) is 0 Å². The molecule has 1 aliphatic heterocycles. The van der Waals surface area contributed by atoms with Crippen LogP contribution < -0.4 is 0 Å². The van der Waals surface area contributed by atoms with E-state index in [1.165, 1.54) is 6.26 Å². The molecule has 5 heteroatoms. The molecule has 0 spiro atoms. The van der Waals surface area contributed by atoms with Gasteiger partial charge in [0.05, 0.1) is 6.26 Å². The first kappa shape index (κ1) is 11.9. The van der Waals surface area contributed by atoms with E-state index in [0.29, 0.717) is 19.0 Å². The second kappa shape index (κ2) is 5.09. The highest BCUT2D eigenvalue weighted by Gasteiger charge is 2.24. The lowest BCUT2D eigenvalue weighted by Crippen LogP contribution is -2.38. The Labute approximate surface area is 86.3 Å². The summed E-state index contributed by atoms with van der Waals surface area (Å²) < 4.78 is 29.3. The molecule has 14 heavy (non-hydrogen) atoms. The SMILES string of the molecule is CCOCC1CCN(S(C)(=O)=O)CC1. The summed E-state index contributed by atoms with van der Waals surface area (Å²) in [5, 5.41) is 0. The molecule has 1 rings (SSSR count). The molecule has 1 fully saturated rings. The van der Waals surface area contributed by atoms with Crippen molar-refractivity contribution >= 4 is 10.0 Å². The Bertz CT molecular complexity index is 255. The van der Waals surface area contributed by atoms with Crippen molar-refractivity contribution in [3.05, 3.63) is 0 Å². The zero-order valence-electron chi connectivity index (χ0n) is 8.90. The van der Waals surface area contributed by atoms with Gasteiger partial charge in [-0.15, -0.1) is 0 Å². The lowest BCUT2D eigenvalue weighted by atomic mass is 9.99. The summed E-state index contributed by atoms with van der Waals surface area (Å²) in [6.45, 7) is 4.79. The number of nitrogens with zero attached hydrogens (tertiary/aromatic N) is 1. The summed E-state index contributed by atoms with van der Waals surface area (Å²) in [6, 6.07) is 0. The molecule has 0 N–H and O–H groups in total. The van der Waals surface area contributed by atoms with E-state index in [1.807, 2.05) is 6.92 Å². The van der Waals surface area contributed by atoms with Crippen molar-refractivity contribution < 1.29 is 13.2 Å². The Morgan fingerprint density at radius 1 is 1.36 bits per heavy atom. The van der Waals surface area contributed by atoms with Crippen molar-refractivity contribution in [2.45, 2.75) is 19.8 Å². The minimum Gasteiger partial charge on any atom is -0.381 e. The topological polar surface area (TPSA) is 46.6 Å². The lowest BCUT2D eigenvalue weighted by Gasteiger charge is -2.29. The van der Waals surface area contributed by atoms with Crippen molar-refractivity contribution in [1.82, 2.24) is 4.31 Å². The van der Waals surface area contributed by atoms with Gasteiger partial charge in [-0.25, -0.2) is 12.7 Å². The van der Waals surface area contributed by atoms with Gasteiger partial charge in [0.1, 0.15) is 0 Å². The molecule has 0 saturated carbocycles. The van der Waals surface area contributed by atoms with Gasteiger partial charge in [-0.3, -0.25) is 0 Å². The molecule has 0 aliphatic carbocycles. The predicted molar refractivity (Wildman–Crippen MR) is 55.6 cm³/mol. The summed E-state index contributed by atoms with van der Waals surface area (Å²) >= 11 is 0. The minimum atomic E-state index is -2.98. The predicted octanol–water partition coefficient (Wildman–Crippen LogP) is 0.694. The fraction of sp³-hybridized carbons (Fsp3) is 1.00. The van der Waals surface area contributed by atoms with Gasteiger partial charge >= 0.3 is 0 Å². The van der Waals surface area contributed by atoms with Crippen LogP contribution in [0.25, 0.3) is 0 Å². The largest absolute Gasteiger partial charge is 0.381 e. The maximum atomic E-state index is 11.2. The first-order valence-electron chi connectivity index (χ1n) is 5.07. The molecule has 0 amide bonds. The van der Waals surface area contributed by atoms with Crippen molar-refractivity contribution in [2.24, 2.45) is 5.92 Å². The minimum absolute atomic E-state index is 0.535. The highest BCUT2D eigenvalue weighted by molar-refractivity contribution is 7.88. The van der Waals surface area contributed by atoms with Crippen LogP contribution in [0.4, 0.5) is 0 Å². The zero-order valence-corrected chi connectivity index (χ0v) is 9.72. The van der Waals surface area contributed by atoms with E-state index in [4.69, 9.17) is 4.74 Å². The standard InChI is InChI=1S/C9H19NO3S/c1-3-13-8-9-4-6-10(7-5-9)14(2,11)12/h9H,3-8H2,1-2H3. The number of sulfonamides is 1. The van der Waals surface area contributed by atoms with Crippen molar-refractivity contribution in [3.8, 4) is 0 Å². The number of hydrogen-bond acceptors (Lipinski definition) is 3. The van der Waals surface area contributed by atoms with Crippen LogP contribution in [0.3, 0.4) is 0 Å². The van der Waals surface area contributed by atoms with Gasteiger partial charge in [-0.05, 0) is 25.7 Å². The highest BCUT2D eigenvalue weighted by atomic mass is 32.2. The first-order valence-corrected chi connectivity index (χ1v) is 6.91. The third kappa shape index (κ3) is 3.55. The molecule has 0 aromatic rings. The van der Waals surface area contributed by atoms with Crippen molar-refractivity contribution in [2.75, 3.05) is 32.6 Å². The molecule has 1 saturated heterocycles. The van der Waals surface area contributed by atoms with E-state index >= 15 is 0 Å². The third-order valence-corrected chi connectivity index (χ3v) is 3.90. The Balaban J connectivity index is 2.31. The van der Waals surface area contributed by atoms with E-state index in [9.17, 15) is 8.42 Å². The van der Waals surface area contributed by atoms with Gasteiger partial charge < -0.3 is 4.74 Å². The number of piperidine rings is 1. The second-order valence-corrected chi connectivity index (χ2v) is 5.75. The normalized spacial score (nSPS) is 21.3. The average molecular weight is 221 g/mol. The molecule has 0 radical (unpaired) electrons. The van der Waals surface area contributed by atoms with E-state index in [0.717, 1.165) is 26.1 Å². The van der Waals surface area contributed by atoms with Crippen LogP contribution in [0.1, 0.15) is 19.8 Å². The maximum absolute atomic E-state index is 11.2. The lowest BCUT2D eigenvalue weighted by molar-refractivity contribution is 0.0884. The van der Waals surface area contributed by atoms with E-state index in [2.05, 4.69) is 0 Å². The van der Waals surface area contributed by atoms with Crippen LogP contribution in [-0.2, 0) is 14.8 Å². The third-order valence-electron chi connectivity index (χ3n) is 2.60. The van der Waals surface area contributed by atoms with Gasteiger partial charge in [0.2, 0.25) is 10.0 Å². The van der Waals surface area contributed by atoms with Crippen LogP contribution in [0.5, 0.6) is 0 Å². The summed E-state index contributed by atoms with van der Waals surface area (Å²) in [5.41, 5.74) is 0. The molecule has 0 aromatic heterocycles. The molecule has 0 atom stereocenters. The fourth-order valence-electron chi connectivity index (χ4n) is 1.69. The summed E-state index contributed by atoms with van der Waals surface area (Å²) in [6.07, 6.45) is 3.12. The fourth-order valence-corrected chi connectivity index (χ4v) is 2.57.